The molecule has 3 heterocycles. The van der Waals surface area contributed by atoms with Gasteiger partial charge in [0.1, 0.15) is 0 Å². The number of fused-ring (bicyclic) bond motifs is 9. The summed E-state index contributed by atoms with van der Waals surface area (Å²) in [5, 5.41) is 4.81. The van der Waals surface area contributed by atoms with Crippen LogP contribution in [0.3, 0.4) is 0 Å². The first-order valence-corrected chi connectivity index (χ1v) is 8.74. The van der Waals surface area contributed by atoms with Gasteiger partial charge in [0.05, 0.1) is 17.3 Å². The van der Waals surface area contributed by atoms with Crippen molar-refractivity contribution in [3.05, 3.63) is 63.7 Å². The third-order valence-electron chi connectivity index (χ3n) is 5.25. The van der Waals surface area contributed by atoms with Crippen LogP contribution in [0.5, 0.6) is 5.75 Å². The summed E-state index contributed by atoms with van der Waals surface area (Å²) in [7, 11) is 0. The topological polar surface area (TPSA) is 46.8 Å². The maximum atomic E-state index is 14.6. The van der Waals surface area contributed by atoms with E-state index in [0.717, 1.165) is 12.1 Å². The average molecular weight is 411 g/mol. The van der Waals surface area contributed by atoms with Gasteiger partial charge in [-0.15, -0.1) is 0 Å². The molecule has 5 nitrogen and oxygen atoms in total. The highest BCUT2D eigenvalue weighted by atomic mass is 35.5. The highest BCUT2D eigenvalue weighted by Crippen LogP contribution is 2.53. The molecule has 9 heteroatoms. The van der Waals surface area contributed by atoms with E-state index in [1.54, 1.807) is 18.3 Å². The lowest BCUT2D eigenvalue weighted by Gasteiger charge is -2.24. The van der Waals surface area contributed by atoms with E-state index in [0.29, 0.717) is 26.7 Å². The molecule has 0 fully saturated rings. The number of halogens is 4. The van der Waals surface area contributed by atoms with E-state index < -0.39 is 43.0 Å². The van der Waals surface area contributed by atoms with Crippen LogP contribution in [0.15, 0.2) is 30.5 Å². The molecule has 0 radical (unpaired) electrons. The standard InChI is InChI=1S/C19H13ClF3N3O2/c1-25-13-7-10(15-12-6-8(20)4-5-26(12)24-16(13)15)14-9(18(25)27)2-3-11(21)17(14)28-19(22)23/h2-6,10,13,19H,7H2,1H3/t10-,13-/m1/s1/i1D3. The number of ether oxygens (including phenoxy) is 1. The second-order valence-corrected chi connectivity index (χ2v) is 7.11. The monoisotopic (exact) mass is 410 g/mol. The smallest absolute Gasteiger partial charge is 0.387 e. The summed E-state index contributed by atoms with van der Waals surface area (Å²) in [5.41, 5.74) is 0.992. The zero-order chi connectivity index (χ0) is 22.2. The molecule has 0 spiro atoms. The summed E-state index contributed by atoms with van der Waals surface area (Å²) in [6, 6.07) is 4.13. The van der Waals surface area contributed by atoms with Crippen molar-refractivity contribution in [3.63, 3.8) is 0 Å². The number of rotatable bonds is 2. The molecule has 5 rings (SSSR count). The van der Waals surface area contributed by atoms with Crippen LogP contribution in [0, 0.1) is 5.82 Å². The largest absolute Gasteiger partial charge is 0.431 e. The normalized spacial score (nSPS) is 22.5. The quantitative estimate of drug-likeness (QED) is 0.629. The minimum absolute atomic E-state index is 0.0286. The van der Waals surface area contributed by atoms with Crippen LogP contribution in [0.2, 0.25) is 5.02 Å². The summed E-state index contributed by atoms with van der Waals surface area (Å²) in [5.74, 6) is -3.58. The number of carbonyl (C=O) groups excluding carboxylic acids is 1. The third-order valence-corrected chi connectivity index (χ3v) is 5.49. The van der Waals surface area contributed by atoms with E-state index in [4.69, 9.17) is 15.7 Å². The van der Waals surface area contributed by atoms with Gasteiger partial charge in [0.15, 0.2) is 11.6 Å². The number of aromatic nitrogens is 2. The van der Waals surface area contributed by atoms with E-state index in [1.807, 2.05) is 0 Å². The van der Waals surface area contributed by atoms with Gasteiger partial charge >= 0.3 is 6.61 Å². The summed E-state index contributed by atoms with van der Waals surface area (Å²) < 4.78 is 70.5. The molecule has 0 saturated heterocycles. The number of alkyl halides is 2. The second-order valence-electron chi connectivity index (χ2n) is 6.67. The first-order chi connectivity index (χ1) is 14.6. The zero-order valence-corrected chi connectivity index (χ0v) is 14.8. The zero-order valence-electron chi connectivity index (χ0n) is 17.0. The Morgan fingerprint density at radius 1 is 1.36 bits per heavy atom. The van der Waals surface area contributed by atoms with Crippen LogP contribution >= 0.6 is 11.6 Å². The summed E-state index contributed by atoms with van der Waals surface area (Å²) in [4.78, 5) is 14.0. The van der Waals surface area contributed by atoms with Gasteiger partial charge < -0.3 is 9.64 Å². The molecule has 0 unspecified atom stereocenters. The van der Waals surface area contributed by atoms with E-state index in [9.17, 15) is 18.0 Å². The number of pyridine rings is 1. The molecule has 0 N–H and O–H groups in total. The van der Waals surface area contributed by atoms with Gasteiger partial charge in [0, 0.05) is 44.9 Å². The Labute approximate surface area is 166 Å². The minimum Gasteiger partial charge on any atom is -0.431 e. The predicted octanol–water partition coefficient (Wildman–Crippen LogP) is 4.39. The van der Waals surface area contributed by atoms with E-state index >= 15 is 0 Å². The molecule has 2 atom stereocenters. The maximum Gasteiger partial charge on any atom is 0.387 e. The molecule has 2 aliphatic rings. The molecular formula is C19H13ClF3N3O2. The maximum absolute atomic E-state index is 14.6. The summed E-state index contributed by atoms with van der Waals surface area (Å²) >= 11 is 6.12. The highest BCUT2D eigenvalue weighted by molar-refractivity contribution is 6.30. The highest BCUT2D eigenvalue weighted by Gasteiger charge is 2.46. The van der Waals surface area contributed by atoms with Crippen LogP contribution in [0.4, 0.5) is 13.2 Å². The van der Waals surface area contributed by atoms with Crippen molar-refractivity contribution in [3.8, 4) is 5.75 Å². The fourth-order valence-corrected chi connectivity index (χ4v) is 4.35. The van der Waals surface area contributed by atoms with Crippen LogP contribution in [-0.2, 0) is 0 Å². The molecule has 28 heavy (non-hydrogen) atoms. The van der Waals surface area contributed by atoms with Gasteiger partial charge in [-0.2, -0.15) is 13.9 Å². The number of hydrogen-bond acceptors (Lipinski definition) is 3. The van der Waals surface area contributed by atoms with Gasteiger partial charge in [0.25, 0.3) is 5.91 Å². The summed E-state index contributed by atoms with van der Waals surface area (Å²) in [6.45, 7) is -6.19. The molecule has 2 bridgehead atoms. The van der Waals surface area contributed by atoms with Crippen molar-refractivity contribution in [1.29, 1.82) is 0 Å². The SMILES string of the molecule is [2H]C([2H])([2H])N1C(=O)c2ccc(F)c(OC(F)F)c2[C@H]2C[C@@H]1c1nn3ccc(Cl)cc3c12. The molecule has 1 aliphatic heterocycles. The molecule has 1 aliphatic carbocycles. The first-order valence-electron chi connectivity index (χ1n) is 9.86. The van der Waals surface area contributed by atoms with Crippen LogP contribution in [-0.4, -0.2) is 34.0 Å². The lowest BCUT2D eigenvalue weighted by molar-refractivity contribution is -0.0529. The fraction of sp³-hybridized carbons (Fsp3) is 0.263. The van der Waals surface area contributed by atoms with Crippen molar-refractivity contribution < 1.29 is 26.8 Å². The van der Waals surface area contributed by atoms with Gasteiger partial charge in [-0.05, 0) is 30.7 Å². The number of hydrogen-bond donors (Lipinski definition) is 0. The lowest BCUT2D eigenvalue weighted by Crippen LogP contribution is -2.30. The van der Waals surface area contributed by atoms with Gasteiger partial charge in [-0.3, -0.25) is 4.79 Å². The Balaban J connectivity index is 1.87. The van der Waals surface area contributed by atoms with Gasteiger partial charge in [0.2, 0.25) is 0 Å². The third kappa shape index (κ3) is 2.27. The Morgan fingerprint density at radius 2 is 2.18 bits per heavy atom. The fourth-order valence-electron chi connectivity index (χ4n) is 4.19. The molecule has 0 saturated carbocycles. The first kappa shape index (κ1) is 14.3. The van der Waals surface area contributed by atoms with Gasteiger partial charge in [-0.25, -0.2) is 8.91 Å². The number of nitrogens with zero attached hydrogens (tertiary/aromatic N) is 3. The summed E-state index contributed by atoms with van der Waals surface area (Å²) in [6.07, 6.45) is 1.59. The second kappa shape index (κ2) is 5.88. The Hall–Kier alpha value is -2.74. The Kier molecular flexibility index (Phi) is 3.00. The molecule has 1 aromatic carbocycles. The number of amides is 1. The lowest BCUT2D eigenvalue weighted by atomic mass is 9.88. The van der Waals surface area contributed by atoms with Crippen LogP contribution in [0.25, 0.3) is 5.52 Å². The molecule has 144 valence electrons. The Bertz CT molecular complexity index is 1250. The van der Waals surface area contributed by atoms with Crippen molar-refractivity contribution in [1.82, 2.24) is 14.5 Å². The number of carbonyl (C=O) groups is 1. The Morgan fingerprint density at radius 3 is 2.93 bits per heavy atom. The molecule has 1 amide bonds. The van der Waals surface area contributed by atoms with E-state index in [-0.39, 0.29) is 17.5 Å². The number of benzene rings is 1. The van der Waals surface area contributed by atoms with Crippen molar-refractivity contribution in [2.24, 2.45) is 0 Å². The van der Waals surface area contributed by atoms with Crippen LogP contribution < -0.4 is 4.74 Å². The van der Waals surface area contributed by atoms with Crippen molar-refractivity contribution >= 4 is 23.0 Å². The molecule has 2 aromatic heterocycles. The van der Waals surface area contributed by atoms with Crippen LogP contribution in [0.1, 0.15) is 49.7 Å². The van der Waals surface area contributed by atoms with Gasteiger partial charge in [-0.1, -0.05) is 11.6 Å². The predicted molar refractivity (Wildman–Crippen MR) is 94.5 cm³/mol. The molecular weight excluding hydrogens is 395 g/mol. The van der Waals surface area contributed by atoms with E-state index in [2.05, 4.69) is 9.84 Å². The van der Waals surface area contributed by atoms with E-state index in [1.165, 1.54) is 4.52 Å². The average Bonchev–Trinajstić information content (AvgIpc) is 3.15. The molecule has 3 aromatic rings. The minimum atomic E-state index is -3.34. The van der Waals surface area contributed by atoms with Crippen molar-refractivity contribution in [2.45, 2.75) is 25.0 Å². The van der Waals surface area contributed by atoms with Crippen molar-refractivity contribution in [2.75, 3.05) is 6.98 Å².